The number of nitrogens with zero attached hydrogens (tertiary/aromatic N) is 1. The molecule has 1 rings (SSSR count). The van der Waals surface area contributed by atoms with Gasteiger partial charge in [-0.3, -0.25) is 4.79 Å². The Hall–Kier alpha value is -1.08. The molecule has 4 heteroatoms. The number of carbonyl (C=O) groups is 1. The summed E-state index contributed by atoms with van der Waals surface area (Å²) in [7, 11) is 0. The molecule has 1 unspecified atom stereocenters. The molecule has 0 saturated carbocycles. The minimum atomic E-state index is -0.0894. The van der Waals surface area contributed by atoms with Crippen LogP contribution < -0.4 is 5.32 Å². The quantitative estimate of drug-likeness (QED) is 0.649. The van der Waals surface area contributed by atoms with Crippen molar-refractivity contribution in [3.8, 4) is 6.07 Å². The molecule has 0 spiro atoms. The highest BCUT2D eigenvalue weighted by Crippen LogP contribution is 2.15. The van der Waals surface area contributed by atoms with Crippen molar-refractivity contribution in [2.24, 2.45) is 0 Å². The maximum absolute atomic E-state index is 11.1. The van der Waals surface area contributed by atoms with Gasteiger partial charge in [-0.1, -0.05) is 0 Å². The zero-order chi connectivity index (χ0) is 9.52. The highest BCUT2D eigenvalue weighted by atomic mass is 16.5. The van der Waals surface area contributed by atoms with Gasteiger partial charge in [0.05, 0.1) is 18.6 Å². The highest BCUT2D eigenvalue weighted by molar-refractivity contribution is 5.76. The smallest absolute Gasteiger partial charge is 0.223 e. The fraction of sp³-hybridized carbons (Fsp3) is 0.778. The standard InChI is InChI=1S/C9H14N2O2/c10-4-5-11-9(12)7-8-3-1-2-6-13-8/h8H,1-3,5-7H2,(H,11,12). The minimum absolute atomic E-state index is 0.0624. The molecule has 0 bridgehead atoms. The van der Waals surface area contributed by atoms with E-state index in [4.69, 9.17) is 10.00 Å². The molecule has 13 heavy (non-hydrogen) atoms. The molecule has 1 N–H and O–H groups in total. The second kappa shape index (κ2) is 5.55. The van der Waals surface area contributed by atoms with Gasteiger partial charge in [-0.2, -0.15) is 5.26 Å². The Bertz CT molecular complexity index is 204. The Morgan fingerprint density at radius 2 is 2.46 bits per heavy atom. The number of nitrogens with one attached hydrogen (secondary N) is 1. The number of rotatable bonds is 3. The van der Waals surface area contributed by atoms with Gasteiger partial charge < -0.3 is 10.1 Å². The van der Waals surface area contributed by atoms with Gasteiger partial charge in [-0.15, -0.1) is 0 Å². The zero-order valence-corrected chi connectivity index (χ0v) is 7.58. The summed E-state index contributed by atoms with van der Waals surface area (Å²) in [5, 5.41) is 10.7. The third kappa shape index (κ3) is 3.90. The van der Waals surface area contributed by atoms with E-state index in [1.165, 1.54) is 0 Å². The lowest BCUT2D eigenvalue weighted by Gasteiger charge is -2.21. The minimum Gasteiger partial charge on any atom is -0.378 e. The van der Waals surface area contributed by atoms with Crippen LogP contribution in [-0.2, 0) is 9.53 Å². The summed E-state index contributed by atoms with van der Waals surface area (Å²) in [4.78, 5) is 11.1. The topological polar surface area (TPSA) is 62.1 Å². The van der Waals surface area contributed by atoms with Crippen LogP contribution in [0.25, 0.3) is 0 Å². The number of hydrogen-bond acceptors (Lipinski definition) is 3. The van der Waals surface area contributed by atoms with E-state index in [2.05, 4.69) is 5.32 Å². The van der Waals surface area contributed by atoms with Crippen molar-refractivity contribution in [1.29, 1.82) is 5.26 Å². The van der Waals surface area contributed by atoms with Gasteiger partial charge in [0.25, 0.3) is 0 Å². The molecule has 4 nitrogen and oxygen atoms in total. The molecule has 1 amide bonds. The van der Waals surface area contributed by atoms with Crippen molar-refractivity contribution in [2.45, 2.75) is 31.8 Å². The molecular weight excluding hydrogens is 168 g/mol. The van der Waals surface area contributed by atoms with Gasteiger partial charge in [0.2, 0.25) is 5.91 Å². The number of carbonyl (C=O) groups excluding carboxylic acids is 1. The van der Waals surface area contributed by atoms with Crippen LogP contribution in [0.2, 0.25) is 0 Å². The van der Waals surface area contributed by atoms with E-state index < -0.39 is 0 Å². The summed E-state index contributed by atoms with van der Waals surface area (Å²) in [5.41, 5.74) is 0. The number of amides is 1. The lowest BCUT2D eigenvalue weighted by Crippen LogP contribution is -2.30. The Kier molecular flexibility index (Phi) is 4.27. The average molecular weight is 182 g/mol. The molecule has 1 atom stereocenters. The van der Waals surface area contributed by atoms with Gasteiger partial charge in [0, 0.05) is 6.61 Å². The van der Waals surface area contributed by atoms with Crippen molar-refractivity contribution >= 4 is 5.91 Å². The Morgan fingerprint density at radius 1 is 1.62 bits per heavy atom. The summed E-state index contributed by atoms with van der Waals surface area (Å²) < 4.78 is 5.38. The van der Waals surface area contributed by atoms with E-state index in [-0.39, 0.29) is 18.6 Å². The third-order valence-corrected chi connectivity index (χ3v) is 2.05. The molecule has 0 radical (unpaired) electrons. The first-order chi connectivity index (χ1) is 6.33. The first-order valence-electron chi connectivity index (χ1n) is 4.58. The second-order valence-corrected chi connectivity index (χ2v) is 3.13. The van der Waals surface area contributed by atoms with Crippen molar-refractivity contribution < 1.29 is 9.53 Å². The third-order valence-electron chi connectivity index (χ3n) is 2.05. The summed E-state index contributed by atoms with van der Waals surface area (Å²) in [5.74, 6) is -0.0894. The van der Waals surface area contributed by atoms with Gasteiger partial charge in [0.1, 0.15) is 6.54 Å². The summed E-state index contributed by atoms with van der Waals surface area (Å²) >= 11 is 0. The molecular formula is C9H14N2O2. The first kappa shape index (κ1) is 10.0. The fourth-order valence-corrected chi connectivity index (χ4v) is 1.39. The lowest BCUT2D eigenvalue weighted by atomic mass is 10.1. The maximum atomic E-state index is 11.1. The largest absolute Gasteiger partial charge is 0.378 e. The van der Waals surface area contributed by atoms with Gasteiger partial charge >= 0.3 is 0 Å². The van der Waals surface area contributed by atoms with Crippen LogP contribution in [0.4, 0.5) is 0 Å². The normalized spacial score (nSPS) is 21.9. The van der Waals surface area contributed by atoms with E-state index in [1.54, 1.807) is 0 Å². The Balaban J connectivity index is 2.15. The van der Waals surface area contributed by atoms with Gasteiger partial charge in [-0.05, 0) is 19.3 Å². The predicted molar refractivity (Wildman–Crippen MR) is 46.8 cm³/mol. The highest BCUT2D eigenvalue weighted by Gasteiger charge is 2.16. The van der Waals surface area contributed by atoms with Gasteiger partial charge in [0.15, 0.2) is 0 Å². The van der Waals surface area contributed by atoms with Crippen molar-refractivity contribution in [3.63, 3.8) is 0 Å². The molecule has 72 valence electrons. The van der Waals surface area contributed by atoms with Crippen LogP contribution in [0.15, 0.2) is 0 Å². The Labute approximate surface area is 77.9 Å². The van der Waals surface area contributed by atoms with Crippen LogP contribution in [-0.4, -0.2) is 25.2 Å². The molecule has 1 saturated heterocycles. The summed E-state index contributed by atoms with van der Waals surface area (Å²) in [6, 6.07) is 1.86. The van der Waals surface area contributed by atoms with Crippen LogP contribution in [0.3, 0.4) is 0 Å². The van der Waals surface area contributed by atoms with Crippen LogP contribution in [0.5, 0.6) is 0 Å². The number of nitriles is 1. The molecule has 0 aromatic carbocycles. The Morgan fingerprint density at radius 3 is 3.08 bits per heavy atom. The number of hydrogen-bond donors (Lipinski definition) is 1. The molecule has 1 aliphatic heterocycles. The first-order valence-corrected chi connectivity index (χ1v) is 4.58. The molecule has 0 aromatic heterocycles. The van der Waals surface area contributed by atoms with Crippen molar-refractivity contribution in [1.82, 2.24) is 5.32 Å². The molecule has 1 heterocycles. The molecule has 1 aliphatic rings. The van der Waals surface area contributed by atoms with Crippen LogP contribution in [0.1, 0.15) is 25.7 Å². The predicted octanol–water partition coefficient (Wildman–Crippen LogP) is 0.585. The van der Waals surface area contributed by atoms with Crippen LogP contribution in [0, 0.1) is 11.3 Å². The maximum Gasteiger partial charge on any atom is 0.223 e. The second-order valence-electron chi connectivity index (χ2n) is 3.13. The number of ether oxygens (including phenoxy) is 1. The summed E-state index contributed by atoms with van der Waals surface area (Å²) in [6.07, 6.45) is 3.64. The van der Waals surface area contributed by atoms with Gasteiger partial charge in [-0.25, -0.2) is 0 Å². The van der Waals surface area contributed by atoms with Crippen molar-refractivity contribution in [3.05, 3.63) is 0 Å². The average Bonchev–Trinajstić information content (AvgIpc) is 2.16. The van der Waals surface area contributed by atoms with E-state index in [1.807, 2.05) is 6.07 Å². The molecule has 0 aromatic rings. The van der Waals surface area contributed by atoms with E-state index >= 15 is 0 Å². The van der Waals surface area contributed by atoms with Crippen LogP contribution >= 0.6 is 0 Å². The summed E-state index contributed by atoms with van der Waals surface area (Å²) in [6.45, 7) is 0.849. The van der Waals surface area contributed by atoms with E-state index in [9.17, 15) is 4.79 Å². The van der Waals surface area contributed by atoms with E-state index in [0.29, 0.717) is 6.42 Å². The van der Waals surface area contributed by atoms with Crippen molar-refractivity contribution in [2.75, 3.05) is 13.2 Å². The SMILES string of the molecule is N#CCNC(=O)CC1CCCCO1. The lowest BCUT2D eigenvalue weighted by molar-refractivity contribution is -0.124. The molecule has 0 aliphatic carbocycles. The zero-order valence-electron chi connectivity index (χ0n) is 7.58. The molecule has 1 fully saturated rings. The fourth-order valence-electron chi connectivity index (χ4n) is 1.39. The monoisotopic (exact) mass is 182 g/mol. The van der Waals surface area contributed by atoms with E-state index in [0.717, 1.165) is 25.9 Å².